The average molecular weight is 220 g/mol. The number of aldehydes is 1. The van der Waals surface area contributed by atoms with Crippen LogP contribution in [0.3, 0.4) is 0 Å². The SMILES string of the molecule is COc1cccc(OCC=C(C)C)c1C=O. The van der Waals surface area contributed by atoms with Crippen LogP contribution in [0.5, 0.6) is 11.5 Å². The fourth-order valence-electron chi connectivity index (χ4n) is 1.24. The molecule has 0 saturated heterocycles. The number of benzene rings is 1. The number of allylic oxidation sites excluding steroid dienone is 1. The van der Waals surface area contributed by atoms with Gasteiger partial charge in [0.1, 0.15) is 18.1 Å². The first-order valence-electron chi connectivity index (χ1n) is 5.07. The summed E-state index contributed by atoms with van der Waals surface area (Å²) in [5.74, 6) is 1.08. The Bertz CT molecular complexity index is 390. The van der Waals surface area contributed by atoms with Gasteiger partial charge in [-0.25, -0.2) is 0 Å². The van der Waals surface area contributed by atoms with Crippen molar-refractivity contribution in [1.82, 2.24) is 0 Å². The number of rotatable bonds is 5. The van der Waals surface area contributed by atoms with E-state index >= 15 is 0 Å². The van der Waals surface area contributed by atoms with Gasteiger partial charge in [0.15, 0.2) is 6.29 Å². The van der Waals surface area contributed by atoms with Crippen LogP contribution in [0.2, 0.25) is 0 Å². The maximum absolute atomic E-state index is 10.9. The van der Waals surface area contributed by atoms with E-state index in [0.29, 0.717) is 23.7 Å². The van der Waals surface area contributed by atoms with Crippen molar-refractivity contribution in [2.45, 2.75) is 13.8 Å². The highest BCUT2D eigenvalue weighted by Crippen LogP contribution is 2.26. The van der Waals surface area contributed by atoms with Crippen molar-refractivity contribution in [2.24, 2.45) is 0 Å². The fraction of sp³-hybridized carbons (Fsp3) is 0.308. The van der Waals surface area contributed by atoms with Gasteiger partial charge in [-0.3, -0.25) is 4.79 Å². The van der Waals surface area contributed by atoms with Crippen LogP contribution < -0.4 is 9.47 Å². The first-order valence-corrected chi connectivity index (χ1v) is 5.07. The van der Waals surface area contributed by atoms with Gasteiger partial charge < -0.3 is 9.47 Å². The van der Waals surface area contributed by atoms with E-state index in [-0.39, 0.29) is 0 Å². The Morgan fingerprint density at radius 3 is 2.56 bits per heavy atom. The first kappa shape index (κ1) is 12.3. The molecule has 0 saturated carbocycles. The second-order valence-corrected chi connectivity index (χ2v) is 3.58. The number of carbonyl (C=O) groups is 1. The third-order valence-corrected chi connectivity index (χ3v) is 2.09. The molecule has 0 amide bonds. The molecule has 86 valence electrons. The third kappa shape index (κ3) is 3.12. The molecule has 0 unspecified atom stereocenters. The first-order chi connectivity index (χ1) is 7.69. The minimum atomic E-state index is 0.451. The number of carbonyl (C=O) groups excluding carboxylic acids is 1. The monoisotopic (exact) mass is 220 g/mol. The average Bonchev–Trinajstić information content (AvgIpc) is 2.28. The molecule has 3 heteroatoms. The Morgan fingerprint density at radius 1 is 1.31 bits per heavy atom. The normalized spacial score (nSPS) is 9.44. The zero-order chi connectivity index (χ0) is 12.0. The lowest BCUT2D eigenvalue weighted by Crippen LogP contribution is -1.99. The number of hydrogen-bond donors (Lipinski definition) is 0. The van der Waals surface area contributed by atoms with Gasteiger partial charge in [-0.05, 0) is 32.1 Å². The molecule has 0 heterocycles. The predicted octanol–water partition coefficient (Wildman–Crippen LogP) is 2.85. The highest BCUT2D eigenvalue weighted by Gasteiger charge is 2.08. The molecule has 0 atom stereocenters. The molecular formula is C13H16O3. The minimum absolute atomic E-state index is 0.451. The van der Waals surface area contributed by atoms with Crippen LogP contribution in [0.1, 0.15) is 24.2 Å². The number of methoxy groups -OCH3 is 1. The lowest BCUT2D eigenvalue weighted by atomic mass is 10.2. The fourth-order valence-corrected chi connectivity index (χ4v) is 1.24. The van der Waals surface area contributed by atoms with E-state index in [1.165, 1.54) is 12.7 Å². The van der Waals surface area contributed by atoms with Crippen molar-refractivity contribution in [3.63, 3.8) is 0 Å². The molecule has 0 aliphatic carbocycles. The van der Waals surface area contributed by atoms with Crippen molar-refractivity contribution in [3.05, 3.63) is 35.4 Å². The molecule has 0 aliphatic rings. The molecule has 0 spiro atoms. The predicted molar refractivity (Wildman–Crippen MR) is 63.3 cm³/mol. The number of hydrogen-bond acceptors (Lipinski definition) is 3. The zero-order valence-electron chi connectivity index (χ0n) is 9.82. The quantitative estimate of drug-likeness (QED) is 0.565. The Hall–Kier alpha value is -1.77. The van der Waals surface area contributed by atoms with E-state index in [1.807, 2.05) is 19.9 Å². The summed E-state index contributed by atoms with van der Waals surface area (Å²) in [6.45, 7) is 4.45. The van der Waals surface area contributed by atoms with Gasteiger partial charge in [0.2, 0.25) is 0 Å². The van der Waals surface area contributed by atoms with Gasteiger partial charge in [0.05, 0.1) is 12.7 Å². The molecule has 3 nitrogen and oxygen atoms in total. The highest BCUT2D eigenvalue weighted by atomic mass is 16.5. The Labute approximate surface area is 95.7 Å². The van der Waals surface area contributed by atoms with Crippen molar-refractivity contribution >= 4 is 6.29 Å². The summed E-state index contributed by atoms with van der Waals surface area (Å²) in [7, 11) is 1.53. The second-order valence-electron chi connectivity index (χ2n) is 3.58. The van der Waals surface area contributed by atoms with E-state index < -0.39 is 0 Å². The third-order valence-electron chi connectivity index (χ3n) is 2.09. The second kappa shape index (κ2) is 5.95. The topological polar surface area (TPSA) is 35.5 Å². The molecule has 1 aromatic rings. The Balaban J connectivity index is 2.87. The van der Waals surface area contributed by atoms with Gasteiger partial charge >= 0.3 is 0 Å². The van der Waals surface area contributed by atoms with Crippen molar-refractivity contribution in [2.75, 3.05) is 13.7 Å². The molecule has 0 bridgehead atoms. The summed E-state index contributed by atoms with van der Waals surface area (Å²) in [5.41, 5.74) is 1.63. The molecule has 0 N–H and O–H groups in total. The van der Waals surface area contributed by atoms with Crippen molar-refractivity contribution < 1.29 is 14.3 Å². The summed E-state index contributed by atoms with van der Waals surface area (Å²) in [5, 5.41) is 0. The molecule has 1 aromatic carbocycles. The van der Waals surface area contributed by atoms with E-state index in [1.54, 1.807) is 18.2 Å². The number of ether oxygens (including phenoxy) is 2. The summed E-state index contributed by atoms with van der Waals surface area (Å²) in [6, 6.07) is 5.28. The van der Waals surface area contributed by atoms with Gasteiger partial charge in [0.25, 0.3) is 0 Å². The lowest BCUT2D eigenvalue weighted by Gasteiger charge is -2.09. The van der Waals surface area contributed by atoms with Gasteiger partial charge in [0, 0.05) is 0 Å². The van der Waals surface area contributed by atoms with Crippen LogP contribution in [0, 0.1) is 0 Å². The van der Waals surface area contributed by atoms with E-state index in [0.717, 1.165) is 6.29 Å². The smallest absolute Gasteiger partial charge is 0.157 e. The molecule has 0 aliphatic heterocycles. The largest absolute Gasteiger partial charge is 0.496 e. The van der Waals surface area contributed by atoms with Crippen LogP contribution in [-0.2, 0) is 0 Å². The van der Waals surface area contributed by atoms with Gasteiger partial charge in [-0.2, -0.15) is 0 Å². The van der Waals surface area contributed by atoms with Gasteiger partial charge in [-0.15, -0.1) is 0 Å². The molecule has 0 radical (unpaired) electrons. The maximum atomic E-state index is 10.9. The minimum Gasteiger partial charge on any atom is -0.496 e. The summed E-state index contributed by atoms with van der Waals surface area (Å²) < 4.78 is 10.6. The lowest BCUT2D eigenvalue weighted by molar-refractivity contribution is 0.111. The standard InChI is InChI=1S/C13H16O3/c1-10(2)7-8-16-13-6-4-5-12(15-3)11(13)9-14/h4-7,9H,8H2,1-3H3. The van der Waals surface area contributed by atoms with Crippen molar-refractivity contribution in [3.8, 4) is 11.5 Å². The highest BCUT2D eigenvalue weighted by molar-refractivity contribution is 5.83. The van der Waals surface area contributed by atoms with Crippen LogP contribution in [0.15, 0.2) is 29.8 Å². The summed E-state index contributed by atoms with van der Waals surface area (Å²) in [4.78, 5) is 10.9. The Morgan fingerprint density at radius 2 is 2.00 bits per heavy atom. The molecular weight excluding hydrogens is 204 g/mol. The molecule has 0 fully saturated rings. The van der Waals surface area contributed by atoms with Crippen LogP contribution in [-0.4, -0.2) is 20.0 Å². The molecule has 1 rings (SSSR count). The Kier molecular flexibility index (Phi) is 4.58. The molecule has 16 heavy (non-hydrogen) atoms. The van der Waals surface area contributed by atoms with Crippen LogP contribution in [0.25, 0.3) is 0 Å². The van der Waals surface area contributed by atoms with Crippen LogP contribution in [0.4, 0.5) is 0 Å². The van der Waals surface area contributed by atoms with Crippen LogP contribution >= 0.6 is 0 Å². The van der Waals surface area contributed by atoms with Gasteiger partial charge in [-0.1, -0.05) is 11.6 Å². The summed E-state index contributed by atoms with van der Waals surface area (Å²) in [6.07, 6.45) is 2.70. The van der Waals surface area contributed by atoms with E-state index in [9.17, 15) is 4.79 Å². The zero-order valence-corrected chi connectivity index (χ0v) is 9.82. The maximum Gasteiger partial charge on any atom is 0.157 e. The van der Waals surface area contributed by atoms with E-state index in [2.05, 4.69) is 0 Å². The van der Waals surface area contributed by atoms with E-state index in [4.69, 9.17) is 9.47 Å². The summed E-state index contributed by atoms with van der Waals surface area (Å²) >= 11 is 0. The molecule has 0 aromatic heterocycles. The van der Waals surface area contributed by atoms with Crippen molar-refractivity contribution in [1.29, 1.82) is 0 Å².